The number of likely N-dealkylation sites (tertiary alicyclic amines) is 1. The van der Waals surface area contributed by atoms with Crippen LogP contribution in [-0.2, 0) is 19.1 Å². The lowest BCUT2D eigenvalue weighted by molar-refractivity contribution is -0.240. The third-order valence-electron chi connectivity index (χ3n) is 5.28. The van der Waals surface area contributed by atoms with Crippen molar-refractivity contribution in [3.8, 4) is 17.6 Å². The van der Waals surface area contributed by atoms with Gasteiger partial charge in [0.2, 0.25) is 12.3 Å². The molecule has 8 heteroatoms. The number of aliphatic hydroxyl groups excluding tert-OH is 1. The van der Waals surface area contributed by atoms with E-state index in [1.807, 2.05) is 32.9 Å². The second-order valence-electron chi connectivity index (χ2n) is 9.16. The van der Waals surface area contributed by atoms with E-state index >= 15 is 0 Å². The first-order chi connectivity index (χ1) is 16.6. The van der Waals surface area contributed by atoms with Gasteiger partial charge in [-0.05, 0) is 82.1 Å². The highest BCUT2D eigenvalue weighted by Crippen LogP contribution is 2.24. The predicted octanol–water partition coefficient (Wildman–Crippen LogP) is 3.13. The van der Waals surface area contributed by atoms with Crippen LogP contribution in [0.1, 0.15) is 44.7 Å². The molecule has 0 bridgehead atoms. The fraction of sp³-hybridized carbons (Fsp3) is 0.407. The summed E-state index contributed by atoms with van der Waals surface area (Å²) in [6, 6.07) is 13.9. The molecule has 3 rings (SSSR count). The number of nitrogens with zero attached hydrogens (tertiary/aromatic N) is 1. The van der Waals surface area contributed by atoms with Crippen LogP contribution in [0.25, 0.3) is 0 Å². The molecule has 2 aromatic carbocycles. The molecule has 2 N–H and O–H groups in total. The molecule has 2 atom stereocenters. The third-order valence-corrected chi connectivity index (χ3v) is 5.28. The highest BCUT2D eigenvalue weighted by atomic mass is 16.6. The Balaban J connectivity index is 1.55. The van der Waals surface area contributed by atoms with Crippen LogP contribution in [0.3, 0.4) is 0 Å². The van der Waals surface area contributed by atoms with E-state index < -0.39 is 24.0 Å². The van der Waals surface area contributed by atoms with Gasteiger partial charge in [-0.3, -0.25) is 4.79 Å². The van der Waals surface area contributed by atoms with Gasteiger partial charge in [-0.15, -0.1) is 0 Å². The lowest BCUT2D eigenvalue weighted by atomic mass is 10.1. The molecule has 0 aliphatic carbocycles. The fourth-order valence-electron chi connectivity index (χ4n) is 3.56. The van der Waals surface area contributed by atoms with E-state index in [4.69, 9.17) is 9.47 Å². The molecule has 1 aliphatic heterocycles. The van der Waals surface area contributed by atoms with Crippen molar-refractivity contribution in [3.63, 3.8) is 0 Å². The first-order valence-corrected chi connectivity index (χ1v) is 11.5. The van der Waals surface area contributed by atoms with Gasteiger partial charge in [0.25, 0.3) is 0 Å². The normalized spacial score (nSPS) is 16.7. The number of amides is 1. The topological polar surface area (TPSA) is 97.3 Å². The van der Waals surface area contributed by atoms with Crippen molar-refractivity contribution < 1.29 is 28.9 Å². The summed E-state index contributed by atoms with van der Waals surface area (Å²) < 4.78 is 15.5. The number of aliphatic hydroxyl groups is 1. The summed E-state index contributed by atoms with van der Waals surface area (Å²) in [6.45, 7) is 6.05. The fourth-order valence-corrected chi connectivity index (χ4v) is 3.56. The first-order valence-electron chi connectivity index (χ1n) is 11.5. The number of hydrogen-bond donors (Lipinski definition) is 2. The number of anilines is 1. The number of esters is 1. The van der Waals surface area contributed by atoms with E-state index in [0.29, 0.717) is 24.4 Å². The Morgan fingerprint density at radius 3 is 2.26 bits per heavy atom. The van der Waals surface area contributed by atoms with Gasteiger partial charge in [-0.1, -0.05) is 11.8 Å². The van der Waals surface area contributed by atoms with Gasteiger partial charge in [0, 0.05) is 23.4 Å². The van der Waals surface area contributed by atoms with Gasteiger partial charge in [-0.2, -0.15) is 0 Å². The Hall–Kier alpha value is -3.38. The van der Waals surface area contributed by atoms with E-state index in [-0.39, 0.29) is 12.5 Å². The van der Waals surface area contributed by atoms with Crippen LogP contribution in [-0.4, -0.2) is 60.2 Å². The number of ether oxygens (including phenoxy) is 3. The third kappa shape index (κ3) is 8.11. The summed E-state index contributed by atoms with van der Waals surface area (Å²) >= 11 is 0. The molecule has 1 saturated heterocycles. The predicted molar refractivity (Wildman–Crippen MR) is 132 cm³/mol. The SMILES string of the molecule is COC(=O)COc1ccc(C#Cc2ccc(NC(=O)[C@H]3CCCN3C(O)OC(C)(C)C)cc2)cc1. The highest BCUT2D eigenvalue weighted by molar-refractivity contribution is 5.95. The number of rotatable bonds is 7. The lowest BCUT2D eigenvalue weighted by Gasteiger charge is -2.32. The zero-order valence-corrected chi connectivity index (χ0v) is 20.5. The summed E-state index contributed by atoms with van der Waals surface area (Å²) in [7, 11) is 1.31. The van der Waals surface area contributed by atoms with Crippen molar-refractivity contribution in [2.24, 2.45) is 0 Å². The Kier molecular flexibility index (Phi) is 8.88. The summed E-state index contributed by atoms with van der Waals surface area (Å²) in [6.07, 6.45) is 0.349. The second kappa shape index (κ2) is 11.8. The maximum absolute atomic E-state index is 12.8. The van der Waals surface area contributed by atoms with Gasteiger partial charge in [0.1, 0.15) is 5.75 Å². The molecule has 0 spiro atoms. The van der Waals surface area contributed by atoms with Crippen LogP contribution in [0.2, 0.25) is 0 Å². The average molecular weight is 481 g/mol. The lowest BCUT2D eigenvalue weighted by Crippen LogP contribution is -2.48. The summed E-state index contributed by atoms with van der Waals surface area (Å²) in [4.78, 5) is 25.7. The summed E-state index contributed by atoms with van der Waals surface area (Å²) in [5.74, 6) is 6.09. The Labute approximate surface area is 206 Å². The number of carbonyl (C=O) groups excluding carboxylic acids is 2. The maximum Gasteiger partial charge on any atom is 0.343 e. The van der Waals surface area contributed by atoms with Crippen molar-refractivity contribution in [2.75, 3.05) is 25.6 Å². The minimum absolute atomic E-state index is 0.144. The molecular formula is C27H32N2O6. The van der Waals surface area contributed by atoms with E-state index in [9.17, 15) is 14.7 Å². The molecule has 1 fully saturated rings. The van der Waals surface area contributed by atoms with Crippen LogP contribution < -0.4 is 10.1 Å². The van der Waals surface area contributed by atoms with Crippen LogP contribution in [0.15, 0.2) is 48.5 Å². The molecule has 8 nitrogen and oxygen atoms in total. The van der Waals surface area contributed by atoms with Gasteiger partial charge >= 0.3 is 5.97 Å². The molecule has 0 radical (unpaired) electrons. The van der Waals surface area contributed by atoms with Gasteiger partial charge in [-0.25, -0.2) is 9.69 Å². The second-order valence-corrected chi connectivity index (χ2v) is 9.16. The molecule has 1 unspecified atom stereocenters. The molecule has 0 aromatic heterocycles. The van der Waals surface area contributed by atoms with Crippen LogP contribution >= 0.6 is 0 Å². The zero-order valence-electron chi connectivity index (χ0n) is 20.5. The maximum atomic E-state index is 12.8. The Morgan fingerprint density at radius 1 is 1.09 bits per heavy atom. The summed E-state index contributed by atoms with van der Waals surface area (Å²) in [5.41, 5.74) is 1.74. The first kappa shape index (κ1) is 26.2. The zero-order chi connectivity index (χ0) is 25.4. The molecule has 2 aromatic rings. The summed E-state index contributed by atoms with van der Waals surface area (Å²) in [5, 5.41) is 13.3. The number of nitrogens with one attached hydrogen (secondary N) is 1. The van der Waals surface area contributed by atoms with Gasteiger partial charge < -0.3 is 24.6 Å². The van der Waals surface area contributed by atoms with Crippen LogP contribution in [0.4, 0.5) is 5.69 Å². The largest absolute Gasteiger partial charge is 0.482 e. The minimum Gasteiger partial charge on any atom is -0.482 e. The van der Waals surface area contributed by atoms with E-state index in [1.165, 1.54) is 7.11 Å². The van der Waals surface area contributed by atoms with Crippen molar-refractivity contribution >= 4 is 17.6 Å². The number of carbonyl (C=O) groups is 2. The molecule has 186 valence electrons. The average Bonchev–Trinajstić information content (AvgIpc) is 3.32. The smallest absolute Gasteiger partial charge is 0.343 e. The number of benzene rings is 2. The van der Waals surface area contributed by atoms with Gasteiger partial charge in [0.15, 0.2) is 6.61 Å². The van der Waals surface area contributed by atoms with E-state index in [2.05, 4.69) is 21.9 Å². The van der Waals surface area contributed by atoms with Gasteiger partial charge in [0.05, 0.1) is 18.8 Å². The van der Waals surface area contributed by atoms with Crippen LogP contribution in [0, 0.1) is 11.8 Å². The quantitative estimate of drug-likeness (QED) is 0.357. The number of hydrogen-bond acceptors (Lipinski definition) is 7. The highest BCUT2D eigenvalue weighted by Gasteiger charge is 2.36. The minimum atomic E-state index is -1.13. The number of methoxy groups -OCH3 is 1. The molecule has 35 heavy (non-hydrogen) atoms. The van der Waals surface area contributed by atoms with Crippen molar-refractivity contribution in [1.82, 2.24) is 4.90 Å². The molecule has 0 saturated carbocycles. The molecule has 1 aliphatic rings. The van der Waals surface area contributed by atoms with E-state index in [1.54, 1.807) is 41.3 Å². The van der Waals surface area contributed by atoms with Crippen molar-refractivity contribution in [1.29, 1.82) is 0 Å². The Bertz CT molecular complexity index is 1060. The molecular weight excluding hydrogens is 448 g/mol. The van der Waals surface area contributed by atoms with Crippen molar-refractivity contribution in [2.45, 2.75) is 51.7 Å². The monoisotopic (exact) mass is 480 g/mol. The molecule has 1 heterocycles. The standard InChI is InChI=1S/C27H32N2O6/c1-27(2,3)35-26(32)29-17-5-6-23(29)25(31)28-21-13-9-19(10-14-21)7-8-20-11-15-22(16-12-20)34-18-24(30)33-4/h9-16,23,26,32H,5-6,17-18H2,1-4H3,(H,28,31)/t23-,26?/m1/s1. The van der Waals surface area contributed by atoms with Crippen molar-refractivity contribution in [3.05, 3.63) is 59.7 Å². The Morgan fingerprint density at radius 2 is 1.69 bits per heavy atom. The molecule has 1 amide bonds. The van der Waals surface area contributed by atoms with Crippen LogP contribution in [0.5, 0.6) is 5.75 Å². The van der Waals surface area contributed by atoms with E-state index in [0.717, 1.165) is 17.5 Å².